The van der Waals surface area contributed by atoms with E-state index in [1.54, 1.807) is 0 Å². The number of esters is 2. The van der Waals surface area contributed by atoms with E-state index >= 15 is 0 Å². The number of carbonyl (C=O) groups excluding carboxylic acids is 2. The fraction of sp³-hybridized carbons (Fsp3) is 0.286. The fourth-order valence-corrected chi connectivity index (χ4v) is 2.16. The molecule has 0 N–H and O–H groups in total. The van der Waals surface area contributed by atoms with Gasteiger partial charge in [0.15, 0.2) is 5.75 Å². The second kappa shape index (κ2) is 8.93. The van der Waals surface area contributed by atoms with Gasteiger partial charge in [0.05, 0.1) is 16.7 Å². The smallest absolute Gasteiger partial charge is 0.336 e. The van der Waals surface area contributed by atoms with Gasteiger partial charge in [-0.15, -0.1) is 0 Å². The number of benzene rings is 1. The molecule has 0 aliphatic carbocycles. The Morgan fingerprint density at radius 3 is 2.24 bits per heavy atom. The average molecular weight is 352 g/mol. The van der Waals surface area contributed by atoms with Crippen LogP contribution in [0.1, 0.15) is 19.8 Å². The maximum atomic E-state index is 11.6. The highest BCUT2D eigenvalue weighted by Gasteiger charge is 2.12. The molecular weight excluding hydrogens is 339 g/mol. The summed E-state index contributed by atoms with van der Waals surface area (Å²) >= 11 is 17.5. The summed E-state index contributed by atoms with van der Waals surface area (Å²) in [6, 6.07) is 2.78. The number of hydrogen-bond acceptors (Lipinski definition) is 4. The number of carbonyl (C=O) groups is 2. The van der Waals surface area contributed by atoms with Gasteiger partial charge in [-0.2, -0.15) is 0 Å². The minimum atomic E-state index is -0.798. The van der Waals surface area contributed by atoms with E-state index in [1.165, 1.54) is 12.1 Å². The van der Waals surface area contributed by atoms with Crippen molar-refractivity contribution in [2.24, 2.45) is 0 Å². The van der Waals surface area contributed by atoms with E-state index in [9.17, 15) is 9.59 Å². The summed E-state index contributed by atoms with van der Waals surface area (Å²) < 4.78 is 9.79. The molecule has 0 heterocycles. The van der Waals surface area contributed by atoms with Crippen LogP contribution in [0.3, 0.4) is 0 Å². The molecule has 0 aliphatic heterocycles. The summed E-state index contributed by atoms with van der Waals surface area (Å²) in [5.74, 6) is -1.43. The van der Waals surface area contributed by atoms with Crippen molar-refractivity contribution >= 4 is 46.7 Å². The van der Waals surface area contributed by atoms with Crippen LogP contribution in [0.5, 0.6) is 5.75 Å². The van der Waals surface area contributed by atoms with E-state index in [0.717, 1.165) is 25.0 Å². The van der Waals surface area contributed by atoms with E-state index in [2.05, 4.69) is 0 Å². The molecule has 0 aliphatic rings. The molecule has 0 saturated heterocycles. The van der Waals surface area contributed by atoms with Crippen LogP contribution in [-0.2, 0) is 14.3 Å². The zero-order chi connectivity index (χ0) is 15.8. The number of ether oxygens (including phenoxy) is 2. The first-order valence-corrected chi connectivity index (χ1v) is 7.28. The highest BCUT2D eigenvalue weighted by Crippen LogP contribution is 2.35. The minimum absolute atomic E-state index is 0.0169. The van der Waals surface area contributed by atoms with Crippen molar-refractivity contribution < 1.29 is 19.1 Å². The van der Waals surface area contributed by atoms with E-state index in [1.807, 2.05) is 6.92 Å². The lowest BCUT2D eigenvalue weighted by Gasteiger charge is -2.06. The van der Waals surface area contributed by atoms with Gasteiger partial charge in [-0.25, -0.2) is 9.59 Å². The van der Waals surface area contributed by atoms with Crippen LogP contribution in [0.4, 0.5) is 0 Å². The van der Waals surface area contributed by atoms with Gasteiger partial charge in [0.25, 0.3) is 0 Å². The van der Waals surface area contributed by atoms with Crippen LogP contribution in [0.2, 0.25) is 15.1 Å². The van der Waals surface area contributed by atoms with E-state index in [-0.39, 0.29) is 15.8 Å². The van der Waals surface area contributed by atoms with Crippen LogP contribution in [-0.4, -0.2) is 18.5 Å². The number of halogens is 3. The highest BCUT2D eigenvalue weighted by atomic mass is 35.5. The quantitative estimate of drug-likeness (QED) is 0.329. The van der Waals surface area contributed by atoms with Gasteiger partial charge in [0.2, 0.25) is 0 Å². The van der Waals surface area contributed by atoms with Gasteiger partial charge in [-0.1, -0.05) is 48.1 Å². The lowest BCUT2D eigenvalue weighted by atomic mass is 10.3. The van der Waals surface area contributed by atoms with Gasteiger partial charge in [0, 0.05) is 17.2 Å². The summed E-state index contributed by atoms with van der Waals surface area (Å²) in [6.07, 6.45) is 3.60. The lowest BCUT2D eigenvalue weighted by Crippen LogP contribution is -2.07. The molecule has 0 spiro atoms. The lowest BCUT2D eigenvalue weighted by molar-refractivity contribution is -0.138. The molecule has 0 aromatic heterocycles. The zero-order valence-corrected chi connectivity index (χ0v) is 13.5. The Morgan fingerprint density at radius 1 is 1.10 bits per heavy atom. The number of unbranched alkanes of at least 4 members (excludes halogenated alkanes) is 1. The molecule has 1 aromatic rings. The van der Waals surface area contributed by atoms with E-state index in [4.69, 9.17) is 44.3 Å². The van der Waals surface area contributed by atoms with E-state index < -0.39 is 11.9 Å². The third kappa shape index (κ3) is 6.38. The third-order valence-corrected chi connectivity index (χ3v) is 3.04. The van der Waals surface area contributed by atoms with E-state index in [0.29, 0.717) is 11.6 Å². The third-order valence-electron chi connectivity index (χ3n) is 2.26. The molecule has 4 nitrogen and oxygen atoms in total. The van der Waals surface area contributed by atoms with Crippen molar-refractivity contribution in [3.63, 3.8) is 0 Å². The Hall–Kier alpha value is -1.23. The number of rotatable bonds is 6. The maximum absolute atomic E-state index is 11.6. The summed E-state index contributed by atoms with van der Waals surface area (Å²) in [7, 11) is 0. The van der Waals surface area contributed by atoms with Crippen molar-refractivity contribution in [3.05, 3.63) is 39.4 Å². The first-order valence-electron chi connectivity index (χ1n) is 6.15. The molecule has 114 valence electrons. The van der Waals surface area contributed by atoms with Gasteiger partial charge in [0.1, 0.15) is 0 Å². The van der Waals surface area contributed by atoms with Crippen molar-refractivity contribution in [1.82, 2.24) is 0 Å². The SMILES string of the molecule is CCCCOC(=O)/C=C/C(=O)Oc1c(Cl)cc(Cl)cc1Cl. The molecule has 0 atom stereocenters. The van der Waals surface area contributed by atoms with Gasteiger partial charge >= 0.3 is 11.9 Å². The van der Waals surface area contributed by atoms with Crippen molar-refractivity contribution in [2.75, 3.05) is 6.61 Å². The van der Waals surface area contributed by atoms with Crippen molar-refractivity contribution in [2.45, 2.75) is 19.8 Å². The minimum Gasteiger partial charge on any atom is -0.463 e. The first kappa shape index (κ1) is 17.8. The highest BCUT2D eigenvalue weighted by molar-refractivity contribution is 6.40. The van der Waals surface area contributed by atoms with Crippen molar-refractivity contribution in [1.29, 1.82) is 0 Å². The molecule has 7 heteroatoms. The van der Waals surface area contributed by atoms with Gasteiger partial charge in [-0.05, 0) is 18.6 Å². The molecular formula is C14H13Cl3O4. The second-order valence-electron chi connectivity index (χ2n) is 3.97. The van der Waals surface area contributed by atoms with Crippen molar-refractivity contribution in [3.8, 4) is 5.75 Å². The Balaban J connectivity index is 2.60. The fourth-order valence-electron chi connectivity index (χ4n) is 1.26. The number of hydrogen-bond donors (Lipinski definition) is 0. The maximum Gasteiger partial charge on any atom is 0.336 e. The molecule has 0 saturated carbocycles. The predicted octanol–water partition coefficient (Wildman–Crippen LogP) is 4.45. The van der Waals surface area contributed by atoms with Crippen LogP contribution in [0.15, 0.2) is 24.3 Å². The summed E-state index contributed by atoms with van der Waals surface area (Å²) in [5.41, 5.74) is 0. The average Bonchev–Trinajstić information content (AvgIpc) is 2.41. The zero-order valence-electron chi connectivity index (χ0n) is 11.2. The summed E-state index contributed by atoms with van der Waals surface area (Å²) in [4.78, 5) is 22.8. The molecule has 1 rings (SSSR count). The second-order valence-corrected chi connectivity index (χ2v) is 5.22. The first-order chi connectivity index (χ1) is 9.93. The van der Waals surface area contributed by atoms with Crippen LogP contribution < -0.4 is 4.74 Å². The standard InChI is InChI=1S/C14H13Cl3O4/c1-2-3-6-20-12(18)4-5-13(19)21-14-10(16)7-9(15)8-11(14)17/h4-5,7-8H,2-3,6H2,1H3/b5-4+. The monoisotopic (exact) mass is 350 g/mol. The molecule has 0 fully saturated rings. The van der Waals surface area contributed by atoms with Gasteiger partial charge in [-0.3, -0.25) is 0 Å². The van der Waals surface area contributed by atoms with Crippen LogP contribution in [0.25, 0.3) is 0 Å². The van der Waals surface area contributed by atoms with Gasteiger partial charge < -0.3 is 9.47 Å². The Morgan fingerprint density at radius 2 is 1.67 bits per heavy atom. The largest absolute Gasteiger partial charge is 0.463 e. The molecule has 0 radical (unpaired) electrons. The van der Waals surface area contributed by atoms with Crippen LogP contribution >= 0.6 is 34.8 Å². The summed E-state index contributed by atoms with van der Waals surface area (Å²) in [6.45, 7) is 2.28. The Bertz CT molecular complexity index is 532. The predicted molar refractivity (Wildman–Crippen MR) is 82.1 cm³/mol. The Kier molecular flexibility index (Phi) is 7.57. The topological polar surface area (TPSA) is 52.6 Å². The molecule has 0 unspecified atom stereocenters. The normalized spacial score (nSPS) is 10.7. The molecule has 1 aromatic carbocycles. The summed E-state index contributed by atoms with van der Waals surface area (Å²) in [5, 5.41) is 0.513. The molecule has 0 bridgehead atoms. The molecule has 21 heavy (non-hydrogen) atoms. The van der Waals surface area contributed by atoms with Crippen LogP contribution in [0, 0.1) is 0 Å². The Labute approximate surface area is 137 Å². The molecule has 0 amide bonds.